The van der Waals surface area contributed by atoms with E-state index in [2.05, 4.69) is 5.32 Å². The van der Waals surface area contributed by atoms with E-state index < -0.39 is 0 Å². The van der Waals surface area contributed by atoms with E-state index in [-0.39, 0.29) is 35.7 Å². The van der Waals surface area contributed by atoms with Crippen LogP contribution in [0.4, 0.5) is 0 Å². The highest BCUT2D eigenvalue weighted by Crippen LogP contribution is 2.37. The van der Waals surface area contributed by atoms with Gasteiger partial charge >= 0.3 is 0 Å². The van der Waals surface area contributed by atoms with Crippen molar-refractivity contribution in [2.24, 2.45) is 11.8 Å². The average molecular weight is 208 g/mol. The van der Waals surface area contributed by atoms with Gasteiger partial charge in [0.05, 0.1) is 12.0 Å². The van der Waals surface area contributed by atoms with Crippen LogP contribution in [0, 0.1) is 11.8 Å². The lowest BCUT2D eigenvalue weighted by Crippen LogP contribution is -2.41. The van der Waals surface area contributed by atoms with E-state index in [9.17, 15) is 9.59 Å². The molecule has 0 radical (unpaired) electrons. The first kappa shape index (κ1) is 9.33. The number of carbonyl (C=O) groups is 2. The smallest absolute Gasteiger partial charge is 0.233 e. The molecule has 0 bridgehead atoms. The van der Waals surface area contributed by atoms with Crippen molar-refractivity contribution in [1.29, 1.82) is 0 Å². The molecular weight excluding hydrogens is 192 g/mol. The number of imide groups is 1. The van der Waals surface area contributed by atoms with E-state index in [4.69, 9.17) is 0 Å². The summed E-state index contributed by atoms with van der Waals surface area (Å²) in [6.07, 6.45) is 2.88. The normalized spacial score (nSPS) is 39.7. The van der Waals surface area contributed by atoms with Crippen LogP contribution in [0.5, 0.6) is 0 Å². The highest BCUT2D eigenvalue weighted by atomic mass is 16.2. The fourth-order valence-corrected chi connectivity index (χ4v) is 2.85. The van der Waals surface area contributed by atoms with Crippen LogP contribution in [-0.4, -0.2) is 35.3 Å². The molecule has 2 amide bonds. The zero-order valence-corrected chi connectivity index (χ0v) is 8.90. The summed E-state index contributed by atoms with van der Waals surface area (Å²) in [4.78, 5) is 25.5. The molecule has 1 aliphatic carbocycles. The number of hydrogen-bond donors (Lipinski definition) is 1. The Morgan fingerprint density at radius 2 is 2.13 bits per heavy atom. The fourth-order valence-electron chi connectivity index (χ4n) is 2.85. The van der Waals surface area contributed by atoms with Gasteiger partial charge in [0.15, 0.2) is 0 Å². The Hall–Kier alpha value is -0.900. The second kappa shape index (κ2) is 3.04. The molecule has 1 saturated carbocycles. The molecule has 3 atom stereocenters. The summed E-state index contributed by atoms with van der Waals surface area (Å²) in [5.41, 5.74) is 0. The summed E-state index contributed by atoms with van der Waals surface area (Å²) >= 11 is 0. The molecule has 3 unspecified atom stereocenters. The number of amides is 2. The van der Waals surface area contributed by atoms with Gasteiger partial charge in [0.25, 0.3) is 0 Å². The third-order valence-electron chi connectivity index (χ3n) is 3.90. The van der Waals surface area contributed by atoms with Crippen molar-refractivity contribution in [3.63, 3.8) is 0 Å². The molecule has 82 valence electrons. The molecule has 1 N–H and O–H groups in total. The molecule has 0 spiro atoms. The molecule has 15 heavy (non-hydrogen) atoms. The zero-order chi connectivity index (χ0) is 10.6. The third kappa shape index (κ3) is 1.24. The maximum atomic E-state index is 12.0. The molecule has 3 rings (SSSR count). The topological polar surface area (TPSA) is 49.4 Å². The summed E-state index contributed by atoms with van der Waals surface area (Å²) in [6, 6.07) is 0.348. The predicted molar refractivity (Wildman–Crippen MR) is 53.9 cm³/mol. The number of nitrogens with zero attached hydrogens (tertiary/aromatic N) is 1. The van der Waals surface area contributed by atoms with Crippen LogP contribution in [0.25, 0.3) is 0 Å². The minimum absolute atomic E-state index is 0.0276. The van der Waals surface area contributed by atoms with Crippen molar-refractivity contribution < 1.29 is 9.59 Å². The van der Waals surface area contributed by atoms with Gasteiger partial charge in [0.2, 0.25) is 11.8 Å². The van der Waals surface area contributed by atoms with Crippen molar-refractivity contribution in [3.8, 4) is 0 Å². The third-order valence-corrected chi connectivity index (χ3v) is 3.90. The Labute approximate surface area is 89.0 Å². The van der Waals surface area contributed by atoms with E-state index in [0.717, 1.165) is 25.8 Å². The Bertz CT molecular complexity index is 317. The van der Waals surface area contributed by atoms with Gasteiger partial charge < -0.3 is 5.32 Å². The minimum Gasteiger partial charge on any atom is -0.311 e. The molecule has 2 aliphatic heterocycles. The first-order chi connectivity index (χ1) is 7.20. The second-order valence-corrected chi connectivity index (χ2v) is 4.95. The maximum Gasteiger partial charge on any atom is 0.233 e. The van der Waals surface area contributed by atoms with Crippen LogP contribution in [0.1, 0.15) is 26.2 Å². The van der Waals surface area contributed by atoms with Gasteiger partial charge in [-0.2, -0.15) is 0 Å². The van der Waals surface area contributed by atoms with Crippen molar-refractivity contribution in [2.75, 3.05) is 6.54 Å². The second-order valence-electron chi connectivity index (χ2n) is 4.95. The zero-order valence-electron chi connectivity index (χ0n) is 8.90. The largest absolute Gasteiger partial charge is 0.311 e. The van der Waals surface area contributed by atoms with Crippen molar-refractivity contribution in [3.05, 3.63) is 0 Å². The molecule has 2 heterocycles. The standard InChI is InChI=1S/C11H16N2O2/c1-6-9-8(4-5-12-9)13(10(6)14)11(15)7-2-3-7/h6-9,12H,2-5H2,1H3. The van der Waals surface area contributed by atoms with E-state index >= 15 is 0 Å². The van der Waals surface area contributed by atoms with Crippen LogP contribution in [-0.2, 0) is 9.59 Å². The van der Waals surface area contributed by atoms with Crippen LogP contribution in [0.2, 0.25) is 0 Å². The maximum absolute atomic E-state index is 12.0. The van der Waals surface area contributed by atoms with Gasteiger partial charge in [0, 0.05) is 12.0 Å². The van der Waals surface area contributed by atoms with Gasteiger partial charge in [-0.3, -0.25) is 14.5 Å². The van der Waals surface area contributed by atoms with Crippen molar-refractivity contribution in [1.82, 2.24) is 10.2 Å². The Kier molecular flexibility index (Phi) is 1.89. The van der Waals surface area contributed by atoms with Gasteiger partial charge in [-0.25, -0.2) is 0 Å². The quantitative estimate of drug-likeness (QED) is 0.623. The first-order valence-corrected chi connectivity index (χ1v) is 5.80. The molecule has 2 saturated heterocycles. The molecule has 4 nitrogen and oxygen atoms in total. The Balaban J connectivity index is 1.86. The van der Waals surface area contributed by atoms with Crippen LogP contribution in [0.3, 0.4) is 0 Å². The molecule has 4 heteroatoms. The van der Waals surface area contributed by atoms with Crippen LogP contribution >= 0.6 is 0 Å². The summed E-state index contributed by atoms with van der Waals surface area (Å²) < 4.78 is 0. The molecule has 3 fully saturated rings. The number of likely N-dealkylation sites (tertiary alicyclic amines) is 1. The number of carbonyl (C=O) groups excluding carboxylic acids is 2. The highest BCUT2D eigenvalue weighted by Gasteiger charge is 2.52. The van der Waals surface area contributed by atoms with Crippen molar-refractivity contribution >= 4 is 11.8 Å². The number of hydrogen-bond acceptors (Lipinski definition) is 3. The van der Waals surface area contributed by atoms with Crippen LogP contribution in [0.15, 0.2) is 0 Å². The summed E-state index contributed by atoms with van der Waals surface area (Å²) in [7, 11) is 0. The number of nitrogens with one attached hydrogen (secondary N) is 1. The van der Waals surface area contributed by atoms with Crippen LogP contribution < -0.4 is 5.32 Å². The van der Waals surface area contributed by atoms with Gasteiger partial charge in [-0.05, 0) is 25.8 Å². The lowest BCUT2D eigenvalue weighted by atomic mass is 10.0. The Morgan fingerprint density at radius 3 is 2.80 bits per heavy atom. The van der Waals surface area contributed by atoms with Crippen molar-refractivity contribution in [2.45, 2.75) is 38.3 Å². The predicted octanol–water partition coefficient (Wildman–Crippen LogP) is 0.132. The van der Waals surface area contributed by atoms with Gasteiger partial charge in [-0.15, -0.1) is 0 Å². The highest BCUT2D eigenvalue weighted by molar-refractivity contribution is 6.00. The van der Waals surface area contributed by atoms with E-state index in [1.165, 1.54) is 0 Å². The summed E-state index contributed by atoms with van der Waals surface area (Å²) in [5.74, 6) is 0.248. The van der Waals surface area contributed by atoms with E-state index in [1.54, 1.807) is 4.90 Å². The average Bonchev–Trinajstić information content (AvgIpc) is 2.92. The monoisotopic (exact) mass is 208 g/mol. The Morgan fingerprint density at radius 1 is 1.40 bits per heavy atom. The first-order valence-electron chi connectivity index (χ1n) is 5.80. The fraction of sp³-hybridized carbons (Fsp3) is 0.818. The molecular formula is C11H16N2O2. The number of fused-ring (bicyclic) bond motifs is 1. The lowest BCUT2D eigenvalue weighted by Gasteiger charge is -2.21. The molecule has 0 aromatic heterocycles. The van der Waals surface area contributed by atoms with Gasteiger partial charge in [-0.1, -0.05) is 6.92 Å². The number of rotatable bonds is 1. The summed E-state index contributed by atoms with van der Waals surface area (Å²) in [5, 5.41) is 3.33. The molecule has 0 aromatic rings. The molecule has 3 aliphatic rings. The van der Waals surface area contributed by atoms with Gasteiger partial charge in [0.1, 0.15) is 0 Å². The molecule has 0 aromatic carbocycles. The summed E-state index contributed by atoms with van der Waals surface area (Å²) in [6.45, 7) is 2.86. The van der Waals surface area contributed by atoms with E-state index in [1.807, 2.05) is 6.92 Å². The lowest BCUT2D eigenvalue weighted by molar-refractivity contribution is -0.145. The minimum atomic E-state index is -0.0276. The van der Waals surface area contributed by atoms with E-state index in [0.29, 0.717) is 0 Å². The SMILES string of the molecule is CC1C(=O)N(C(=O)C2CC2)C2CCNC12.